The van der Waals surface area contributed by atoms with Gasteiger partial charge >= 0.3 is 0 Å². The van der Waals surface area contributed by atoms with Gasteiger partial charge in [-0.2, -0.15) is 0 Å². The summed E-state index contributed by atoms with van der Waals surface area (Å²) < 4.78 is 0. The summed E-state index contributed by atoms with van der Waals surface area (Å²) >= 11 is 0. The molecule has 72 valence electrons. The van der Waals surface area contributed by atoms with Crippen molar-refractivity contribution in [3.63, 3.8) is 0 Å². The molecule has 0 saturated carbocycles. The Labute approximate surface area is 86.0 Å². The molecule has 1 aliphatic rings. The van der Waals surface area contributed by atoms with E-state index in [1.54, 1.807) is 0 Å². The smallest absolute Gasteiger partial charge is 0.00629 e. The summed E-state index contributed by atoms with van der Waals surface area (Å²) in [5.41, 5.74) is 4.07. The zero-order chi connectivity index (χ0) is 10.2. The van der Waals surface area contributed by atoms with Crippen LogP contribution in [0.1, 0.15) is 31.4 Å². The van der Waals surface area contributed by atoms with E-state index in [9.17, 15) is 0 Å². The maximum atomic E-state index is 4.09. The summed E-state index contributed by atoms with van der Waals surface area (Å²) in [6.45, 7) is 8.67. The number of hydrogen-bond acceptors (Lipinski definition) is 0. The van der Waals surface area contributed by atoms with Crippen molar-refractivity contribution in [3.05, 3.63) is 54.1 Å². The van der Waals surface area contributed by atoms with Gasteiger partial charge in [-0.1, -0.05) is 56.8 Å². The highest BCUT2D eigenvalue weighted by molar-refractivity contribution is 5.75. The molecule has 1 aromatic rings. The Bertz CT molecular complexity index is 394. The van der Waals surface area contributed by atoms with Crippen molar-refractivity contribution in [1.82, 2.24) is 0 Å². The second kappa shape index (κ2) is 3.13. The van der Waals surface area contributed by atoms with Gasteiger partial charge in [-0.05, 0) is 28.5 Å². The van der Waals surface area contributed by atoms with Crippen LogP contribution in [0.25, 0.3) is 5.57 Å². The van der Waals surface area contributed by atoms with E-state index in [1.807, 2.05) is 0 Å². The van der Waals surface area contributed by atoms with E-state index in [1.165, 1.54) is 11.1 Å². The summed E-state index contributed by atoms with van der Waals surface area (Å²) in [6, 6.07) is 8.57. The van der Waals surface area contributed by atoms with E-state index in [4.69, 9.17) is 0 Å². The number of allylic oxidation sites excluding steroid dienone is 3. The highest BCUT2D eigenvalue weighted by atomic mass is 14.3. The summed E-state index contributed by atoms with van der Waals surface area (Å²) in [5, 5.41) is 0. The summed E-state index contributed by atoms with van der Waals surface area (Å²) in [7, 11) is 0. The number of hydrogen-bond donors (Lipinski definition) is 0. The monoisotopic (exact) mass is 184 g/mol. The Morgan fingerprint density at radius 2 is 1.93 bits per heavy atom. The van der Waals surface area contributed by atoms with Crippen LogP contribution in [0.2, 0.25) is 0 Å². The maximum absolute atomic E-state index is 4.09. The highest BCUT2D eigenvalue weighted by Crippen LogP contribution is 2.35. The Kier molecular flexibility index (Phi) is 2.07. The molecule has 0 fully saturated rings. The fourth-order valence-corrected chi connectivity index (χ4v) is 2.05. The molecule has 0 nitrogen and oxygen atoms in total. The van der Waals surface area contributed by atoms with Crippen molar-refractivity contribution in [2.24, 2.45) is 0 Å². The predicted molar refractivity (Wildman–Crippen MR) is 62.3 cm³/mol. The molecule has 0 spiro atoms. The van der Waals surface area contributed by atoms with Gasteiger partial charge in [0.25, 0.3) is 0 Å². The Morgan fingerprint density at radius 1 is 1.21 bits per heavy atom. The topological polar surface area (TPSA) is 0 Å². The second-order valence-electron chi connectivity index (χ2n) is 4.56. The van der Waals surface area contributed by atoms with Crippen LogP contribution in [0.5, 0.6) is 0 Å². The minimum atomic E-state index is 0.229. The van der Waals surface area contributed by atoms with E-state index < -0.39 is 0 Å². The predicted octanol–water partition coefficient (Wildman–Crippen LogP) is 3.94. The van der Waals surface area contributed by atoms with Gasteiger partial charge in [0.1, 0.15) is 0 Å². The zero-order valence-electron chi connectivity index (χ0n) is 8.88. The molecule has 14 heavy (non-hydrogen) atoms. The molecule has 0 heteroatoms. The Hall–Kier alpha value is -1.30. The van der Waals surface area contributed by atoms with E-state index in [-0.39, 0.29) is 5.41 Å². The molecule has 0 aliphatic heterocycles. The fraction of sp³-hybridized carbons (Fsp3) is 0.286. The molecule has 1 aliphatic carbocycles. The molecule has 0 heterocycles. The first kappa shape index (κ1) is 9.26. The average Bonchev–Trinajstić information content (AvgIpc) is 2.27. The van der Waals surface area contributed by atoms with Gasteiger partial charge in [-0.25, -0.2) is 0 Å². The molecule has 2 rings (SSSR count). The van der Waals surface area contributed by atoms with E-state index >= 15 is 0 Å². The van der Waals surface area contributed by atoms with Gasteiger partial charge in [0.15, 0.2) is 0 Å². The second-order valence-corrected chi connectivity index (χ2v) is 4.56. The van der Waals surface area contributed by atoms with Gasteiger partial charge in [-0.3, -0.25) is 0 Å². The van der Waals surface area contributed by atoms with Crippen molar-refractivity contribution in [1.29, 1.82) is 0 Å². The van der Waals surface area contributed by atoms with Crippen LogP contribution in [0, 0.1) is 0 Å². The number of rotatable bonds is 0. The normalized spacial score (nSPS) is 18.9. The lowest BCUT2D eigenvalue weighted by molar-refractivity contribution is 0.535. The Balaban J connectivity index is 2.65. The summed E-state index contributed by atoms with van der Waals surface area (Å²) in [6.07, 6.45) is 5.44. The van der Waals surface area contributed by atoms with Gasteiger partial charge in [0, 0.05) is 0 Å². The SMILES string of the molecule is C=C1C=CCC(C)(C)c2ccccc21. The van der Waals surface area contributed by atoms with Crippen LogP contribution in [0.15, 0.2) is 43.0 Å². The third kappa shape index (κ3) is 1.41. The standard InChI is InChI=1S/C14H16/c1-11-7-6-10-14(2,3)13-9-5-4-8-12(11)13/h4-9H,1,10H2,2-3H3. The van der Waals surface area contributed by atoms with Crippen molar-refractivity contribution < 1.29 is 0 Å². The van der Waals surface area contributed by atoms with Crippen LogP contribution in [-0.2, 0) is 5.41 Å². The number of benzene rings is 1. The first-order chi connectivity index (χ1) is 6.61. The third-order valence-electron chi connectivity index (χ3n) is 2.95. The van der Waals surface area contributed by atoms with Crippen molar-refractivity contribution in [2.45, 2.75) is 25.7 Å². The molecule has 0 amide bonds. The molecular formula is C14H16. The quantitative estimate of drug-likeness (QED) is 0.573. The molecule has 0 bridgehead atoms. The van der Waals surface area contributed by atoms with Crippen molar-refractivity contribution in [3.8, 4) is 0 Å². The van der Waals surface area contributed by atoms with Gasteiger partial charge < -0.3 is 0 Å². The largest absolute Gasteiger partial charge is 0.0912 e. The van der Waals surface area contributed by atoms with Crippen LogP contribution in [-0.4, -0.2) is 0 Å². The van der Waals surface area contributed by atoms with Gasteiger partial charge in [0.2, 0.25) is 0 Å². The fourth-order valence-electron chi connectivity index (χ4n) is 2.05. The Morgan fingerprint density at radius 3 is 2.71 bits per heavy atom. The molecule has 0 unspecified atom stereocenters. The number of fused-ring (bicyclic) bond motifs is 1. The molecule has 0 atom stereocenters. The molecule has 0 radical (unpaired) electrons. The van der Waals surface area contributed by atoms with E-state index in [0.29, 0.717) is 0 Å². The molecule has 0 N–H and O–H groups in total. The summed E-state index contributed by atoms with van der Waals surface area (Å²) in [5.74, 6) is 0. The van der Waals surface area contributed by atoms with Crippen LogP contribution in [0.4, 0.5) is 0 Å². The first-order valence-electron chi connectivity index (χ1n) is 5.06. The zero-order valence-corrected chi connectivity index (χ0v) is 8.88. The molecule has 0 saturated heterocycles. The minimum Gasteiger partial charge on any atom is -0.0912 e. The maximum Gasteiger partial charge on any atom is -0.00629 e. The van der Waals surface area contributed by atoms with Gasteiger partial charge in [-0.15, -0.1) is 0 Å². The van der Waals surface area contributed by atoms with Crippen molar-refractivity contribution in [2.75, 3.05) is 0 Å². The highest BCUT2D eigenvalue weighted by Gasteiger charge is 2.24. The first-order valence-corrected chi connectivity index (χ1v) is 5.06. The minimum absolute atomic E-state index is 0.229. The van der Waals surface area contributed by atoms with Crippen molar-refractivity contribution >= 4 is 5.57 Å². The molecule has 0 aromatic heterocycles. The van der Waals surface area contributed by atoms with E-state index in [2.05, 4.69) is 56.8 Å². The summed E-state index contributed by atoms with van der Waals surface area (Å²) in [4.78, 5) is 0. The van der Waals surface area contributed by atoms with Crippen LogP contribution in [0.3, 0.4) is 0 Å². The lowest BCUT2D eigenvalue weighted by atomic mass is 9.79. The average molecular weight is 184 g/mol. The van der Waals surface area contributed by atoms with Crippen LogP contribution < -0.4 is 0 Å². The van der Waals surface area contributed by atoms with Gasteiger partial charge in [0.05, 0.1) is 0 Å². The third-order valence-corrected chi connectivity index (χ3v) is 2.95. The lowest BCUT2D eigenvalue weighted by Crippen LogP contribution is -2.16. The van der Waals surface area contributed by atoms with E-state index in [0.717, 1.165) is 12.0 Å². The molecule has 1 aromatic carbocycles. The van der Waals surface area contributed by atoms with Crippen LogP contribution >= 0.6 is 0 Å². The molecular weight excluding hydrogens is 168 g/mol. The lowest BCUT2D eigenvalue weighted by Gasteiger charge is -2.24.